The molecule has 0 bridgehead atoms. The van der Waals surface area contributed by atoms with Crippen molar-refractivity contribution in [2.75, 3.05) is 39.4 Å². The van der Waals surface area contributed by atoms with Gasteiger partial charge < -0.3 is 19.5 Å². The monoisotopic (exact) mass is 594 g/mol. The zero-order valence-electron chi connectivity index (χ0n) is 22.8. The number of ketones is 1. The number of aliphatic hydroxyl groups is 1. The van der Waals surface area contributed by atoms with Crippen LogP contribution >= 0.6 is 23.2 Å². The number of carbonyl (C=O) groups excluding carboxylic acids is 2. The quantitative estimate of drug-likeness (QED) is 0.185. The first-order valence-electron chi connectivity index (χ1n) is 13.6. The van der Waals surface area contributed by atoms with Crippen molar-refractivity contribution < 1.29 is 24.2 Å². The van der Waals surface area contributed by atoms with E-state index in [0.29, 0.717) is 59.7 Å². The number of aryl methyl sites for hydroxylation is 1. The van der Waals surface area contributed by atoms with Gasteiger partial charge in [0.1, 0.15) is 18.1 Å². The van der Waals surface area contributed by atoms with Gasteiger partial charge in [0.15, 0.2) is 0 Å². The highest BCUT2D eigenvalue weighted by Crippen LogP contribution is 2.41. The largest absolute Gasteiger partial charge is 0.507 e. The molecule has 3 aromatic rings. The molecule has 0 aliphatic carbocycles. The molecule has 1 atom stereocenters. The van der Waals surface area contributed by atoms with E-state index in [4.69, 9.17) is 32.7 Å². The average Bonchev–Trinajstić information content (AvgIpc) is 3.23. The van der Waals surface area contributed by atoms with Crippen LogP contribution in [0.5, 0.6) is 5.75 Å². The van der Waals surface area contributed by atoms with E-state index in [1.165, 1.54) is 4.90 Å². The second-order valence-corrected chi connectivity index (χ2v) is 11.1. The summed E-state index contributed by atoms with van der Waals surface area (Å²) < 4.78 is 11.3. The molecule has 0 aromatic heterocycles. The molecule has 0 radical (unpaired) electrons. The molecular formula is C32H32Cl2N2O5. The minimum Gasteiger partial charge on any atom is -0.507 e. The second-order valence-electron chi connectivity index (χ2n) is 10.3. The van der Waals surface area contributed by atoms with Crippen LogP contribution in [0.25, 0.3) is 5.76 Å². The highest BCUT2D eigenvalue weighted by atomic mass is 35.5. The number of hydrogen-bond donors (Lipinski definition) is 1. The van der Waals surface area contributed by atoms with E-state index in [1.807, 2.05) is 25.1 Å². The Morgan fingerprint density at radius 2 is 1.73 bits per heavy atom. The molecule has 1 unspecified atom stereocenters. The summed E-state index contributed by atoms with van der Waals surface area (Å²) in [5.74, 6) is -1.01. The summed E-state index contributed by atoms with van der Waals surface area (Å²) in [5, 5.41) is 12.1. The summed E-state index contributed by atoms with van der Waals surface area (Å²) in [5.41, 5.74) is 3.23. The van der Waals surface area contributed by atoms with Gasteiger partial charge in [-0.3, -0.25) is 14.5 Å². The molecule has 2 aliphatic rings. The van der Waals surface area contributed by atoms with Gasteiger partial charge in [-0.1, -0.05) is 59.1 Å². The first kappa shape index (κ1) is 29.1. The van der Waals surface area contributed by atoms with Crippen LogP contribution in [0.4, 0.5) is 0 Å². The minimum atomic E-state index is -0.799. The van der Waals surface area contributed by atoms with Crippen molar-refractivity contribution in [2.45, 2.75) is 26.0 Å². The molecule has 9 heteroatoms. The minimum absolute atomic E-state index is 0.0215. The molecule has 2 aliphatic heterocycles. The van der Waals surface area contributed by atoms with Gasteiger partial charge in [-0.05, 0) is 60.9 Å². The zero-order chi connectivity index (χ0) is 28.9. The van der Waals surface area contributed by atoms with E-state index >= 15 is 0 Å². The molecule has 214 valence electrons. The van der Waals surface area contributed by atoms with Crippen molar-refractivity contribution >= 4 is 40.7 Å². The van der Waals surface area contributed by atoms with Crippen LogP contribution in [0, 0.1) is 6.92 Å². The van der Waals surface area contributed by atoms with E-state index < -0.39 is 17.7 Å². The van der Waals surface area contributed by atoms with Gasteiger partial charge in [0.05, 0.1) is 34.9 Å². The van der Waals surface area contributed by atoms with E-state index in [9.17, 15) is 14.7 Å². The van der Waals surface area contributed by atoms with Gasteiger partial charge in [0, 0.05) is 31.7 Å². The first-order valence-corrected chi connectivity index (χ1v) is 14.4. The molecule has 41 heavy (non-hydrogen) atoms. The van der Waals surface area contributed by atoms with Gasteiger partial charge in [-0.25, -0.2) is 0 Å². The number of hydrogen-bond acceptors (Lipinski definition) is 6. The lowest BCUT2D eigenvalue weighted by Crippen LogP contribution is -2.38. The number of amides is 1. The van der Waals surface area contributed by atoms with Crippen LogP contribution in [0.1, 0.15) is 34.7 Å². The molecule has 0 spiro atoms. The van der Waals surface area contributed by atoms with Gasteiger partial charge in [-0.15, -0.1) is 0 Å². The molecule has 1 N–H and O–H groups in total. The van der Waals surface area contributed by atoms with Crippen molar-refractivity contribution in [3.8, 4) is 5.75 Å². The van der Waals surface area contributed by atoms with Crippen molar-refractivity contribution in [3.63, 3.8) is 0 Å². The molecule has 2 heterocycles. The molecule has 5 rings (SSSR count). The van der Waals surface area contributed by atoms with Gasteiger partial charge >= 0.3 is 0 Å². The number of Topliss-reactive ketones (excluding diaryl/α,β-unsaturated/α-hetero) is 1. The number of ether oxygens (including phenoxy) is 2. The standard InChI is InChI=1S/C32H32Cl2N2O5/c1-21-4-2-5-22(18-21)20-41-25-9-6-23(7-10-25)30(37)28-29(24-8-11-26(33)27(34)19-24)36(32(39)31(28)38)13-3-12-35-14-16-40-17-15-35/h2,4-11,18-19,29,37H,3,12-17,20H2,1H3/b30-28+. The fourth-order valence-electron chi connectivity index (χ4n) is 5.26. The lowest BCUT2D eigenvalue weighted by Gasteiger charge is -2.29. The summed E-state index contributed by atoms with van der Waals surface area (Å²) in [6, 6.07) is 19.1. The first-order chi connectivity index (χ1) is 19.8. The maximum atomic E-state index is 13.4. The third-order valence-corrected chi connectivity index (χ3v) is 8.13. The number of halogens is 2. The average molecular weight is 596 g/mol. The summed E-state index contributed by atoms with van der Waals surface area (Å²) in [4.78, 5) is 30.4. The Morgan fingerprint density at radius 1 is 0.976 bits per heavy atom. The van der Waals surface area contributed by atoms with E-state index in [1.54, 1.807) is 42.5 Å². The van der Waals surface area contributed by atoms with Crippen LogP contribution in [-0.4, -0.2) is 66.0 Å². The van der Waals surface area contributed by atoms with Crippen LogP contribution in [0.3, 0.4) is 0 Å². The molecular weight excluding hydrogens is 563 g/mol. The maximum Gasteiger partial charge on any atom is 0.295 e. The highest BCUT2D eigenvalue weighted by Gasteiger charge is 2.46. The molecule has 3 aromatic carbocycles. The third kappa shape index (κ3) is 6.76. The SMILES string of the molecule is Cc1cccc(COc2ccc(/C(O)=C3\C(=O)C(=O)N(CCCN4CCOCC4)C3c3ccc(Cl)c(Cl)c3)cc2)c1. The molecule has 7 nitrogen and oxygen atoms in total. The fraction of sp³-hybridized carbons (Fsp3) is 0.312. The lowest BCUT2D eigenvalue weighted by molar-refractivity contribution is -0.140. The zero-order valence-corrected chi connectivity index (χ0v) is 24.3. The Labute approximate surface area is 249 Å². The lowest BCUT2D eigenvalue weighted by atomic mass is 9.95. The topological polar surface area (TPSA) is 79.3 Å². The predicted octanol–water partition coefficient (Wildman–Crippen LogP) is 6.02. The summed E-state index contributed by atoms with van der Waals surface area (Å²) in [6.45, 7) is 6.58. The Kier molecular flexibility index (Phi) is 9.30. The smallest absolute Gasteiger partial charge is 0.295 e. The van der Waals surface area contributed by atoms with Crippen LogP contribution in [0.15, 0.2) is 72.3 Å². The third-order valence-electron chi connectivity index (χ3n) is 7.39. The van der Waals surface area contributed by atoms with Crippen molar-refractivity contribution in [1.82, 2.24) is 9.80 Å². The summed E-state index contributed by atoms with van der Waals surface area (Å²) in [7, 11) is 0. The fourth-order valence-corrected chi connectivity index (χ4v) is 5.57. The number of benzene rings is 3. The summed E-state index contributed by atoms with van der Waals surface area (Å²) in [6.07, 6.45) is 0.665. The maximum absolute atomic E-state index is 13.4. The Balaban J connectivity index is 1.40. The number of carbonyl (C=O) groups is 2. The van der Waals surface area contributed by atoms with Gasteiger partial charge in [0.25, 0.3) is 11.7 Å². The summed E-state index contributed by atoms with van der Waals surface area (Å²) >= 11 is 12.5. The van der Waals surface area contributed by atoms with E-state index in [-0.39, 0.29) is 11.3 Å². The van der Waals surface area contributed by atoms with E-state index in [2.05, 4.69) is 11.0 Å². The number of likely N-dealkylation sites (tertiary alicyclic amines) is 1. The van der Waals surface area contributed by atoms with E-state index in [0.717, 1.165) is 30.8 Å². The van der Waals surface area contributed by atoms with Gasteiger partial charge in [-0.2, -0.15) is 0 Å². The van der Waals surface area contributed by atoms with Crippen LogP contribution in [0.2, 0.25) is 10.0 Å². The van der Waals surface area contributed by atoms with Crippen molar-refractivity contribution in [2.24, 2.45) is 0 Å². The molecule has 2 fully saturated rings. The van der Waals surface area contributed by atoms with Gasteiger partial charge in [0.2, 0.25) is 0 Å². The number of morpholine rings is 1. The number of aliphatic hydroxyl groups excluding tert-OH is 1. The highest BCUT2D eigenvalue weighted by molar-refractivity contribution is 6.46. The second kappa shape index (κ2) is 13.1. The molecule has 0 saturated carbocycles. The Bertz CT molecular complexity index is 1450. The number of rotatable bonds is 9. The van der Waals surface area contributed by atoms with Crippen molar-refractivity contribution in [3.05, 3.63) is 105 Å². The molecule has 2 saturated heterocycles. The predicted molar refractivity (Wildman–Crippen MR) is 159 cm³/mol. The normalized spacial score (nSPS) is 19.1. The Hall–Kier alpha value is -3.36. The molecule has 1 amide bonds. The van der Waals surface area contributed by atoms with Crippen LogP contribution < -0.4 is 4.74 Å². The van der Waals surface area contributed by atoms with Crippen molar-refractivity contribution in [1.29, 1.82) is 0 Å². The van der Waals surface area contributed by atoms with Crippen LogP contribution in [-0.2, 0) is 20.9 Å². The Morgan fingerprint density at radius 3 is 2.44 bits per heavy atom. The number of nitrogens with zero attached hydrogens (tertiary/aromatic N) is 2.